The number of benzene rings is 2. The van der Waals surface area contributed by atoms with Gasteiger partial charge >= 0.3 is 0 Å². The van der Waals surface area contributed by atoms with Gasteiger partial charge in [0.2, 0.25) is 0 Å². The maximum absolute atomic E-state index is 13.6. The highest BCUT2D eigenvalue weighted by atomic mass is 35.5. The molecule has 0 N–H and O–H groups in total. The Morgan fingerprint density at radius 1 is 1.39 bits per heavy atom. The molecule has 4 rings (SSSR count). The van der Waals surface area contributed by atoms with Gasteiger partial charge in [-0.2, -0.15) is 0 Å². The SMILES string of the molecule is COc1ccc(Cl)cc1C(=O)N(CC1CCCO1)c1nc2ccc(F)cc2s1. The highest BCUT2D eigenvalue weighted by Crippen LogP contribution is 2.33. The predicted molar refractivity (Wildman–Crippen MR) is 108 cm³/mol. The lowest BCUT2D eigenvalue weighted by molar-refractivity contribution is 0.0915. The third-order valence-electron chi connectivity index (χ3n) is 4.62. The van der Waals surface area contributed by atoms with Crippen LogP contribution in [-0.2, 0) is 4.74 Å². The highest BCUT2D eigenvalue weighted by Gasteiger charge is 2.29. The molecule has 1 amide bonds. The van der Waals surface area contributed by atoms with Crippen LogP contribution in [0.4, 0.5) is 9.52 Å². The number of nitrogens with zero attached hydrogens (tertiary/aromatic N) is 2. The van der Waals surface area contributed by atoms with Gasteiger partial charge in [-0.15, -0.1) is 0 Å². The van der Waals surface area contributed by atoms with Crippen molar-refractivity contribution < 1.29 is 18.7 Å². The van der Waals surface area contributed by atoms with E-state index in [4.69, 9.17) is 21.1 Å². The normalized spacial score (nSPS) is 16.5. The first-order valence-electron chi connectivity index (χ1n) is 8.88. The lowest BCUT2D eigenvalue weighted by atomic mass is 10.1. The summed E-state index contributed by atoms with van der Waals surface area (Å²) in [5.74, 6) is -0.190. The number of rotatable bonds is 5. The van der Waals surface area contributed by atoms with Gasteiger partial charge in [0.15, 0.2) is 5.13 Å². The fraction of sp³-hybridized carbons (Fsp3) is 0.300. The standard InChI is InChI=1S/C20H18ClFN2O3S/c1-26-17-7-4-12(21)9-15(17)19(25)24(11-14-3-2-8-27-14)20-23-16-6-5-13(22)10-18(16)28-20/h4-7,9-10,14H,2-3,8,11H2,1H3. The molecule has 1 aliphatic heterocycles. The molecular weight excluding hydrogens is 403 g/mol. The number of hydrogen-bond acceptors (Lipinski definition) is 5. The van der Waals surface area contributed by atoms with Crippen molar-refractivity contribution in [2.75, 3.05) is 25.2 Å². The summed E-state index contributed by atoms with van der Waals surface area (Å²) in [5.41, 5.74) is 0.989. The van der Waals surface area contributed by atoms with Gasteiger partial charge in [-0.1, -0.05) is 22.9 Å². The van der Waals surface area contributed by atoms with Crippen LogP contribution in [-0.4, -0.2) is 37.3 Å². The fourth-order valence-electron chi connectivity index (χ4n) is 3.23. The van der Waals surface area contributed by atoms with Crippen molar-refractivity contribution in [3.05, 3.63) is 52.8 Å². The van der Waals surface area contributed by atoms with Crippen molar-refractivity contribution in [3.63, 3.8) is 0 Å². The Labute approximate surface area is 170 Å². The van der Waals surface area contributed by atoms with Gasteiger partial charge in [0.05, 0.1) is 35.5 Å². The zero-order chi connectivity index (χ0) is 19.7. The minimum atomic E-state index is -0.337. The lowest BCUT2D eigenvalue weighted by Gasteiger charge is -2.24. The lowest BCUT2D eigenvalue weighted by Crippen LogP contribution is -2.37. The van der Waals surface area contributed by atoms with E-state index in [1.807, 2.05) is 0 Å². The number of halogens is 2. The van der Waals surface area contributed by atoms with Crippen molar-refractivity contribution in [2.45, 2.75) is 18.9 Å². The first kappa shape index (κ1) is 19.1. The second kappa shape index (κ2) is 8.03. The Bertz CT molecular complexity index is 1020. The number of carbonyl (C=O) groups excluding carboxylic acids is 1. The van der Waals surface area contributed by atoms with Crippen LogP contribution in [0.15, 0.2) is 36.4 Å². The predicted octanol–water partition coefficient (Wildman–Crippen LogP) is 4.92. The van der Waals surface area contributed by atoms with Crippen molar-refractivity contribution in [2.24, 2.45) is 0 Å². The minimum absolute atomic E-state index is 0.0714. The largest absolute Gasteiger partial charge is 0.496 e. The molecule has 3 aromatic rings. The molecule has 8 heteroatoms. The topological polar surface area (TPSA) is 51.7 Å². The van der Waals surface area contributed by atoms with E-state index in [1.165, 1.54) is 30.6 Å². The quantitative estimate of drug-likeness (QED) is 0.587. The highest BCUT2D eigenvalue weighted by molar-refractivity contribution is 7.22. The summed E-state index contributed by atoms with van der Waals surface area (Å²) in [5, 5.41) is 0.927. The van der Waals surface area contributed by atoms with Gasteiger partial charge in [0.1, 0.15) is 11.6 Å². The number of methoxy groups -OCH3 is 1. The van der Waals surface area contributed by atoms with Crippen LogP contribution in [0.1, 0.15) is 23.2 Å². The zero-order valence-corrected chi connectivity index (χ0v) is 16.7. The molecule has 1 atom stereocenters. The average molecular weight is 421 g/mol. The molecule has 1 fully saturated rings. The Kier molecular flexibility index (Phi) is 5.48. The number of hydrogen-bond donors (Lipinski definition) is 0. The van der Waals surface area contributed by atoms with Gasteiger partial charge in [0.25, 0.3) is 5.91 Å². The zero-order valence-electron chi connectivity index (χ0n) is 15.2. The molecule has 0 aliphatic carbocycles. The Hall–Kier alpha value is -2.22. The van der Waals surface area contributed by atoms with E-state index >= 15 is 0 Å². The van der Waals surface area contributed by atoms with Crippen LogP contribution in [0, 0.1) is 5.82 Å². The summed E-state index contributed by atoms with van der Waals surface area (Å²) in [6, 6.07) is 9.30. The van der Waals surface area contributed by atoms with E-state index in [2.05, 4.69) is 4.98 Å². The van der Waals surface area contributed by atoms with Crippen LogP contribution in [0.3, 0.4) is 0 Å². The number of aromatic nitrogens is 1. The fourth-order valence-corrected chi connectivity index (χ4v) is 4.40. The second-order valence-electron chi connectivity index (χ2n) is 6.50. The minimum Gasteiger partial charge on any atom is -0.496 e. The van der Waals surface area contributed by atoms with Crippen molar-refractivity contribution in [1.82, 2.24) is 4.98 Å². The Balaban J connectivity index is 1.76. The summed E-state index contributed by atoms with van der Waals surface area (Å²) in [6.07, 6.45) is 1.76. The molecule has 1 saturated heterocycles. The summed E-state index contributed by atoms with van der Waals surface area (Å²) in [4.78, 5) is 19.6. The van der Waals surface area contributed by atoms with E-state index < -0.39 is 0 Å². The number of fused-ring (bicyclic) bond motifs is 1. The van der Waals surface area contributed by atoms with Crippen molar-refractivity contribution >= 4 is 44.2 Å². The Morgan fingerprint density at radius 3 is 3.00 bits per heavy atom. The summed E-state index contributed by atoms with van der Waals surface area (Å²) < 4.78 is 25.3. The average Bonchev–Trinajstić information content (AvgIpc) is 3.34. The first-order chi connectivity index (χ1) is 13.5. The van der Waals surface area contributed by atoms with Gasteiger partial charge in [-0.05, 0) is 49.2 Å². The third-order valence-corrected chi connectivity index (χ3v) is 5.89. The van der Waals surface area contributed by atoms with Gasteiger partial charge in [-0.25, -0.2) is 9.37 Å². The molecule has 146 valence electrons. The van der Waals surface area contributed by atoms with Crippen LogP contribution >= 0.6 is 22.9 Å². The van der Waals surface area contributed by atoms with Crippen molar-refractivity contribution in [1.29, 1.82) is 0 Å². The molecular formula is C20H18ClFN2O3S. The van der Waals surface area contributed by atoms with Gasteiger partial charge < -0.3 is 9.47 Å². The van der Waals surface area contributed by atoms with Crippen molar-refractivity contribution in [3.8, 4) is 5.75 Å². The van der Waals surface area contributed by atoms with E-state index in [0.717, 1.165) is 12.8 Å². The number of anilines is 1. The number of carbonyl (C=O) groups is 1. The van der Waals surface area contributed by atoms with E-state index in [-0.39, 0.29) is 17.8 Å². The third kappa shape index (κ3) is 3.83. The molecule has 0 bridgehead atoms. The second-order valence-corrected chi connectivity index (χ2v) is 7.95. The van der Waals surface area contributed by atoms with Crippen LogP contribution < -0.4 is 9.64 Å². The number of thiazole rings is 1. The molecule has 1 unspecified atom stereocenters. The smallest absolute Gasteiger partial charge is 0.263 e. The first-order valence-corrected chi connectivity index (χ1v) is 10.1. The molecule has 0 radical (unpaired) electrons. The molecule has 28 heavy (non-hydrogen) atoms. The van der Waals surface area contributed by atoms with Crippen LogP contribution in [0.2, 0.25) is 5.02 Å². The molecule has 0 saturated carbocycles. The maximum Gasteiger partial charge on any atom is 0.263 e. The molecule has 0 spiro atoms. The van der Waals surface area contributed by atoms with E-state index in [1.54, 1.807) is 29.2 Å². The Morgan fingerprint density at radius 2 is 2.25 bits per heavy atom. The summed E-state index contributed by atoms with van der Waals surface area (Å²) in [7, 11) is 1.50. The molecule has 1 aliphatic rings. The van der Waals surface area contributed by atoms with E-state index in [0.29, 0.717) is 44.8 Å². The number of amides is 1. The summed E-state index contributed by atoms with van der Waals surface area (Å²) >= 11 is 7.38. The molecule has 5 nitrogen and oxygen atoms in total. The molecule has 2 aromatic carbocycles. The molecule has 2 heterocycles. The monoisotopic (exact) mass is 420 g/mol. The maximum atomic E-state index is 13.6. The molecule has 1 aromatic heterocycles. The number of ether oxygens (including phenoxy) is 2. The van der Waals surface area contributed by atoms with E-state index in [9.17, 15) is 9.18 Å². The van der Waals surface area contributed by atoms with Crippen LogP contribution in [0.25, 0.3) is 10.2 Å². The van der Waals surface area contributed by atoms with Gasteiger partial charge in [0, 0.05) is 11.6 Å². The van der Waals surface area contributed by atoms with Crippen LogP contribution in [0.5, 0.6) is 5.75 Å². The summed E-state index contributed by atoms with van der Waals surface area (Å²) in [6.45, 7) is 1.04. The van der Waals surface area contributed by atoms with Gasteiger partial charge in [-0.3, -0.25) is 9.69 Å².